The van der Waals surface area contributed by atoms with E-state index in [0.29, 0.717) is 23.0 Å². The molecule has 3 N–H and O–H groups in total. The van der Waals surface area contributed by atoms with Gasteiger partial charge in [0, 0.05) is 24.5 Å². The Hall–Kier alpha value is -1.95. The van der Waals surface area contributed by atoms with Crippen LogP contribution >= 0.6 is 11.6 Å². The number of nitrogens with one attached hydrogen (secondary N) is 2. The first-order valence-corrected chi connectivity index (χ1v) is 7.21. The lowest BCUT2D eigenvalue weighted by atomic mass is 9.94. The molecule has 0 aliphatic carbocycles. The topological polar surface area (TPSA) is 87.7 Å². The van der Waals surface area contributed by atoms with Crippen LogP contribution in [0.3, 0.4) is 0 Å². The average Bonchev–Trinajstić information content (AvgIpc) is 2.45. The zero-order valence-electron chi connectivity index (χ0n) is 12.9. The Labute approximate surface area is 134 Å². The molecule has 0 heterocycles. The predicted molar refractivity (Wildman–Crippen MR) is 85.5 cm³/mol. The maximum atomic E-state index is 11.7. The van der Waals surface area contributed by atoms with Crippen molar-refractivity contribution in [2.75, 3.05) is 25.5 Å². The number of anilines is 1. The number of hydrogen-bond acceptors (Lipinski definition) is 4. The van der Waals surface area contributed by atoms with Gasteiger partial charge in [-0.05, 0) is 32.0 Å². The third-order valence-electron chi connectivity index (χ3n) is 3.14. The number of rotatable bonds is 8. The number of amides is 1. The van der Waals surface area contributed by atoms with Gasteiger partial charge in [-0.3, -0.25) is 9.59 Å². The van der Waals surface area contributed by atoms with Gasteiger partial charge in [0.2, 0.25) is 5.91 Å². The van der Waals surface area contributed by atoms with Gasteiger partial charge in [-0.2, -0.15) is 0 Å². The van der Waals surface area contributed by atoms with Crippen LogP contribution in [0.2, 0.25) is 5.02 Å². The first-order valence-electron chi connectivity index (χ1n) is 6.84. The summed E-state index contributed by atoms with van der Waals surface area (Å²) in [6.07, 6.45) is 0.214. The summed E-state index contributed by atoms with van der Waals surface area (Å²) in [5, 5.41) is 15.2. The molecule has 0 saturated carbocycles. The molecular formula is C15H21ClN2O4. The molecule has 0 radical (unpaired) electrons. The molecule has 7 heteroatoms. The molecule has 0 bridgehead atoms. The molecule has 6 nitrogen and oxygen atoms in total. The monoisotopic (exact) mass is 328 g/mol. The Morgan fingerprint density at radius 3 is 2.64 bits per heavy atom. The summed E-state index contributed by atoms with van der Waals surface area (Å²) >= 11 is 5.91. The van der Waals surface area contributed by atoms with Crippen molar-refractivity contribution in [1.82, 2.24) is 5.32 Å². The molecular weight excluding hydrogens is 308 g/mol. The number of methoxy groups -OCH3 is 1. The minimum Gasteiger partial charge on any atom is -0.495 e. The maximum absolute atomic E-state index is 11.7. The highest BCUT2D eigenvalue weighted by Gasteiger charge is 2.27. The standard InChI is InChI=1S/C15H21ClN2O4/c1-15(2,14(20)21)9-18-13(19)6-7-17-11-8-10(16)4-5-12(11)22-3/h4-5,8,17H,6-7,9H2,1-3H3,(H,18,19)(H,20,21). The Balaban J connectivity index is 2.43. The van der Waals surface area contributed by atoms with Gasteiger partial charge in [-0.15, -0.1) is 0 Å². The Bertz CT molecular complexity index is 546. The SMILES string of the molecule is COc1ccc(Cl)cc1NCCC(=O)NCC(C)(C)C(=O)O. The van der Waals surface area contributed by atoms with Crippen molar-refractivity contribution < 1.29 is 19.4 Å². The van der Waals surface area contributed by atoms with Crippen LogP contribution in [0, 0.1) is 5.41 Å². The number of carboxylic acid groups (broad SMARTS) is 1. The number of halogens is 1. The zero-order chi connectivity index (χ0) is 16.8. The van der Waals surface area contributed by atoms with Crippen molar-refractivity contribution >= 4 is 29.2 Å². The van der Waals surface area contributed by atoms with Crippen LogP contribution < -0.4 is 15.4 Å². The van der Waals surface area contributed by atoms with Crippen LogP contribution in [0.5, 0.6) is 5.75 Å². The second kappa shape index (κ2) is 7.89. The number of ether oxygens (including phenoxy) is 1. The molecule has 1 aromatic carbocycles. The van der Waals surface area contributed by atoms with E-state index in [1.54, 1.807) is 39.2 Å². The quantitative estimate of drug-likeness (QED) is 0.682. The molecule has 0 atom stereocenters. The summed E-state index contributed by atoms with van der Waals surface area (Å²) in [7, 11) is 1.55. The third-order valence-corrected chi connectivity index (χ3v) is 3.37. The first kappa shape index (κ1) is 18.1. The molecule has 22 heavy (non-hydrogen) atoms. The van der Waals surface area contributed by atoms with Gasteiger partial charge >= 0.3 is 5.97 Å². The fraction of sp³-hybridized carbons (Fsp3) is 0.467. The van der Waals surface area contributed by atoms with E-state index >= 15 is 0 Å². The minimum absolute atomic E-state index is 0.0850. The van der Waals surface area contributed by atoms with E-state index in [4.69, 9.17) is 21.4 Å². The number of aliphatic carboxylic acids is 1. The second-order valence-electron chi connectivity index (χ2n) is 5.49. The van der Waals surface area contributed by atoms with Crippen molar-refractivity contribution in [3.8, 4) is 5.75 Å². The summed E-state index contributed by atoms with van der Waals surface area (Å²) < 4.78 is 5.19. The van der Waals surface area contributed by atoms with Gasteiger partial charge in [-0.1, -0.05) is 11.6 Å². The van der Waals surface area contributed by atoms with Crippen LogP contribution in [-0.2, 0) is 9.59 Å². The number of carbonyl (C=O) groups is 2. The van der Waals surface area contributed by atoms with Crippen LogP contribution in [0.4, 0.5) is 5.69 Å². The van der Waals surface area contributed by atoms with E-state index in [1.807, 2.05) is 0 Å². The van der Waals surface area contributed by atoms with Gasteiger partial charge in [0.1, 0.15) is 5.75 Å². The molecule has 0 unspecified atom stereocenters. The van der Waals surface area contributed by atoms with Gasteiger partial charge < -0.3 is 20.5 Å². The molecule has 1 amide bonds. The lowest BCUT2D eigenvalue weighted by molar-refractivity contribution is -0.146. The van der Waals surface area contributed by atoms with E-state index < -0.39 is 11.4 Å². The maximum Gasteiger partial charge on any atom is 0.310 e. The van der Waals surface area contributed by atoms with Crippen molar-refractivity contribution in [2.24, 2.45) is 5.41 Å². The Kier molecular flexibility index (Phi) is 6.49. The third kappa shape index (κ3) is 5.44. The molecule has 0 aliphatic rings. The van der Waals surface area contributed by atoms with Crippen molar-refractivity contribution in [1.29, 1.82) is 0 Å². The summed E-state index contributed by atoms with van der Waals surface area (Å²) in [5.41, 5.74) is -0.284. The lowest BCUT2D eigenvalue weighted by Crippen LogP contribution is -2.39. The largest absolute Gasteiger partial charge is 0.495 e. The fourth-order valence-electron chi connectivity index (χ4n) is 1.61. The van der Waals surface area contributed by atoms with Crippen LogP contribution in [0.15, 0.2) is 18.2 Å². The summed E-state index contributed by atoms with van der Waals surface area (Å²) in [6.45, 7) is 3.59. The molecule has 122 valence electrons. The second-order valence-corrected chi connectivity index (χ2v) is 5.92. The van der Waals surface area contributed by atoms with Gasteiger partial charge in [-0.25, -0.2) is 0 Å². The highest BCUT2D eigenvalue weighted by atomic mass is 35.5. The molecule has 1 rings (SSSR count). The minimum atomic E-state index is -0.987. The summed E-state index contributed by atoms with van der Waals surface area (Å²) in [6, 6.07) is 5.16. The zero-order valence-corrected chi connectivity index (χ0v) is 13.7. The highest BCUT2D eigenvalue weighted by molar-refractivity contribution is 6.30. The highest BCUT2D eigenvalue weighted by Crippen LogP contribution is 2.27. The fourth-order valence-corrected chi connectivity index (χ4v) is 1.78. The smallest absolute Gasteiger partial charge is 0.310 e. The van der Waals surface area contributed by atoms with Crippen molar-refractivity contribution in [2.45, 2.75) is 20.3 Å². The van der Waals surface area contributed by atoms with Gasteiger partial charge in [0.15, 0.2) is 0 Å². The first-order chi connectivity index (χ1) is 10.3. The van der Waals surface area contributed by atoms with E-state index in [-0.39, 0.29) is 18.9 Å². The average molecular weight is 329 g/mol. The van der Waals surface area contributed by atoms with Gasteiger partial charge in [0.25, 0.3) is 0 Å². The number of carbonyl (C=O) groups excluding carboxylic acids is 1. The molecule has 0 fully saturated rings. The number of hydrogen-bond donors (Lipinski definition) is 3. The van der Waals surface area contributed by atoms with Crippen LogP contribution in [0.1, 0.15) is 20.3 Å². The molecule has 0 aromatic heterocycles. The van der Waals surface area contributed by atoms with Crippen molar-refractivity contribution in [3.63, 3.8) is 0 Å². The molecule has 0 spiro atoms. The normalized spacial score (nSPS) is 10.9. The Morgan fingerprint density at radius 2 is 2.05 bits per heavy atom. The Morgan fingerprint density at radius 1 is 1.36 bits per heavy atom. The molecule has 1 aromatic rings. The van der Waals surface area contributed by atoms with Crippen molar-refractivity contribution in [3.05, 3.63) is 23.2 Å². The molecule has 0 aliphatic heterocycles. The lowest BCUT2D eigenvalue weighted by Gasteiger charge is -2.19. The van der Waals surface area contributed by atoms with E-state index in [1.165, 1.54) is 0 Å². The van der Waals surface area contributed by atoms with E-state index in [2.05, 4.69) is 10.6 Å². The van der Waals surface area contributed by atoms with Crippen LogP contribution in [0.25, 0.3) is 0 Å². The summed E-state index contributed by atoms with van der Waals surface area (Å²) in [5.74, 6) is -0.533. The van der Waals surface area contributed by atoms with Crippen LogP contribution in [-0.4, -0.2) is 37.2 Å². The number of benzene rings is 1. The van der Waals surface area contributed by atoms with E-state index in [0.717, 1.165) is 0 Å². The number of carboxylic acids is 1. The summed E-state index contributed by atoms with van der Waals surface area (Å²) in [4.78, 5) is 22.7. The van der Waals surface area contributed by atoms with Gasteiger partial charge in [0.05, 0.1) is 18.2 Å². The predicted octanol–water partition coefficient (Wildman–Crippen LogP) is 2.38. The molecule has 0 saturated heterocycles. The van der Waals surface area contributed by atoms with E-state index in [9.17, 15) is 9.59 Å².